The standard InChI is InChI=1S/C11H16O2/c1-4-9-5-6-10(13-3)7-11(9)8(2)12/h5-6,10H,4,7H2,1-3H3/t10-/m0/s1. The Morgan fingerprint density at radius 3 is 2.85 bits per heavy atom. The van der Waals surface area contributed by atoms with Gasteiger partial charge in [0.2, 0.25) is 0 Å². The van der Waals surface area contributed by atoms with Crippen molar-refractivity contribution in [2.24, 2.45) is 0 Å². The molecule has 0 amide bonds. The molecule has 0 radical (unpaired) electrons. The summed E-state index contributed by atoms with van der Waals surface area (Å²) in [7, 11) is 1.67. The first kappa shape index (κ1) is 10.2. The number of hydrogen-bond donors (Lipinski definition) is 0. The van der Waals surface area contributed by atoms with Gasteiger partial charge in [0.1, 0.15) is 0 Å². The third-order valence-electron chi connectivity index (χ3n) is 2.41. The minimum atomic E-state index is 0.0780. The number of ketones is 1. The van der Waals surface area contributed by atoms with E-state index in [1.807, 2.05) is 12.2 Å². The van der Waals surface area contributed by atoms with Gasteiger partial charge in [-0.25, -0.2) is 0 Å². The quantitative estimate of drug-likeness (QED) is 0.666. The van der Waals surface area contributed by atoms with Crippen molar-refractivity contribution in [2.75, 3.05) is 7.11 Å². The first-order valence-corrected chi connectivity index (χ1v) is 4.63. The van der Waals surface area contributed by atoms with Crippen LogP contribution < -0.4 is 0 Å². The van der Waals surface area contributed by atoms with E-state index in [4.69, 9.17) is 4.74 Å². The summed E-state index contributed by atoms with van der Waals surface area (Å²) in [6.45, 7) is 3.69. The van der Waals surface area contributed by atoms with E-state index in [9.17, 15) is 4.79 Å². The van der Waals surface area contributed by atoms with Crippen LogP contribution in [0.2, 0.25) is 0 Å². The topological polar surface area (TPSA) is 26.3 Å². The average Bonchev–Trinajstić information content (AvgIpc) is 2.16. The van der Waals surface area contributed by atoms with Gasteiger partial charge in [0.05, 0.1) is 6.10 Å². The van der Waals surface area contributed by atoms with Gasteiger partial charge in [-0.05, 0) is 18.9 Å². The van der Waals surface area contributed by atoms with Gasteiger partial charge in [-0.2, -0.15) is 0 Å². The van der Waals surface area contributed by atoms with Gasteiger partial charge in [0, 0.05) is 19.1 Å². The van der Waals surface area contributed by atoms with E-state index < -0.39 is 0 Å². The van der Waals surface area contributed by atoms with Crippen LogP contribution in [0.25, 0.3) is 0 Å². The minimum Gasteiger partial charge on any atom is -0.377 e. The van der Waals surface area contributed by atoms with E-state index in [1.165, 1.54) is 0 Å². The summed E-state index contributed by atoms with van der Waals surface area (Å²) in [5.41, 5.74) is 2.08. The third kappa shape index (κ3) is 2.28. The van der Waals surface area contributed by atoms with E-state index in [2.05, 4.69) is 6.92 Å². The van der Waals surface area contributed by atoms with Crippen LogP contribution in [0.5, 0.6) is 0 Å². The van der Waals surface area contributed by atoms with Crippen molar-refractivity contribution in [3.05, 3.63) is 23.3 Å². The maximum absolute atomic E-state index is 11.3. The van der Waals surface area contributed by atoms with Gasteiger partial charge in [-0.15, -0.1) is 0 Å². The molecule has 0 spiro atoms. The molecule has 13 heavy (non-hydrogen) atoms. The van der Waals surface area contributed by atoms with E-state index >= 15 is 0 Å². The zero-order valence-corrected chi connectivity index (χ0v) is 8.46. The lowest BCUT2D eigenvalue weighted by Gasteiger charge is -2.19. The Morgan fingerprint density at radius 2 is 2.38 bits per heavy atom. The predicted molar refractivity (Wildman–Crippen MR) is 52.6 cm³/mol. The lowest BCUT2D eigenvalue weighted by Crippen LogP contribution is -2.16. The zero-order valence-electron chi connectivity index (χ0n) is 8.46. The average molecular weight is 180 g/mol. The van der Waals surface area contributed by atoms with Crippen LogP contribution in [-0.4, -0.2) is 19.0 Å². The highest BCUT2D eigenvalue weighted by Gasteiger charge is 2.17. The lowest BCUT2D eigenvalue weighted by molar-refractivity contribution is -0.114. The lowest BCUT2D eigenvalue weighted by atomic mass is 9.92. The Hall–Kier alpha value is -0.890. The first-order chi connectivity index (χ1) is 6.19. The molecule has 1 atom stereocenters. The fourth-order valence-corrected chi connectivity index (χ4v) is 1.59. The second-order valence-electron chi connectivity index (χ2n) is 3.25. The first-order valence-electron chi connectivity index (χ1n) is 4.63. The summed E-state index contributed by atoms with van der Waals surface area (Å²) in [5, 5.41) is 0. The smallest absolute Gasteiger partial charge is 0.156 e. The second-order valence-corrected chi connectivity index (χ2v) is 3.25. The van der Waals surface area contributed by atoms with Crippen molar-refractivity contribution in [3.63, 3.8) is 0 Å². The molecule has 0 N–H and O–H groups in total. The number of methoxy groups -OCH3 is 1. The predicted octanol–water partition coefficient (Wildman–Crippen LogP) is 2.26. The Morgan fingerprint density at radius 1 is 1.69 bits per heavy atom. The van der Waals surface area contributed by atoms with Gasteiger partial charge in [0.15, 0.2) is 5.78 Å². The van der Waals surface area contributed by atoms with Crippen LogP contribution in [0.1, 0.15) is 26.7 Å². The molecule has 2 nitrogen and oxygen atoms in total. The molecule has 0 heterocycles. The summed E-state index contributed by atoms with van der Waals surface area (Å²) in [5.74, 6) is 0.170. The summed E-state index contributed by atoms with van der Waals surface area (Å²) >= 11 is 0. The summed E-state index contributed by atoms with van der Waals surface area (Å²) in [6, 6.07) is 0. The van der Waals surface area contributed by atoms with E-state index in [1.54, 1.807) is 14.0 Å². The molecule has 0 aromatic rings. The van der Waals surface area contributed by atoms with Crippen molar-refractivity contribution in [3.8, 4) is 0 Å². The molecule has 0 aromatic heterocycles. The Balaban J connectivity index is 2.88. The largest absolute Gasteiger partial charge is 0.377 e. The van der Waals surface area contributed by atoms with E-state index in [0.29, 0.717) is 0 Å². The summed E-state index contributed by atoms with van der Waals surface area (Å²) in [6.07, 6.45) is 5.75. The van der Waals surface area contributed by atoms with Gasteiger partial charge in [-0.1, -0.05) is 19.1 Å². The van der Waals surface area contributed by atoms with Crippen molar-refractivity contribution >= 4 is 5.78 Å². The molecule has 0 fully saturated rings. The summed E-state index contributed by atoms with van der Waals surface area (Å²) < 4.78 is 5.19. The SMILES string of the molecule is CCC1=C(C(C)=O)C[C@@H](OC)C=C1. The van der Waals surface area contributed by atoms with Gasteiger partial charge in [0.25, 0.3) is 0 Å². The van der Waals surface area contributed by atoms with Crippen molar-refractivity contribution in [2.45, 2.75) is 32.8 Å². The van der Waals surface area contributed by atoms with Crippen molar-refractivity contribution in [1.82, 2.24) is 0 Å². The fourth-order valence-electron chi connectivity index (χ4n) is 1.59. The van der Waals surface area contributed by atoms with Crippen LogP contribution >= 0.6 is 0 Å². The highest BCUT2D eigenvalue weighted by molar-refractivity contribution is 5.94. The molecule has 0 bridgehead atoms. The minimum absolute atomic E-state index is 0.0780. The maximum atomic E-state index is 11.3. The van der Waals surface area contributed by atoms with Crippen molar-refractivity contribution < 1.29 is 9.53 Å². The molecule has 0 saturated carbocycles. The molecule has 1 aliphatic rings. The number of carbonyl (C=O) groups is 1. The number of carbonyl (C=O) groups excluding carboxylic acids is 1. The molecule has 72 valence electrons. The molecular formula is C11H16O2. The highest BCUT2D eigenvalue weighted by Crippen LogP contribution is 2.23. The molecule has 0 aromatic carbocycles. The number of ether oxygens (including phenoxy) is 1. The Labute approximate surface area is 79.3 Å². The fraction of sp³-hybridized carbons (Fsp3) is 0.545. The highest BCUT2D eigenvalue weighted by atomic mass is 16.5. The molecule has 0 unspecified atom stereocenters. The number of allylic oxidation sites excluding steroid dienone is 2. The molecule has 2 heteroatoms. The monoisotopic (exact) mass is 180 g/mol. The van der Waals surface area contributed by atoms with Crippen LogP contribution in [0, 0.1) is 0 Å². The molecule has 0 saturated heterocycles. The Bertz CT molecular complexity index is 261. The Kier molecular flexibility index (Phi) is 3.43. The number of hydrogen-bond acceptors (Lipinski definition) is 2. The van der Waals surface area contributed by atoms with Gasteiger partial charge >= 0.3 is 0 Å². The van der Waals surface area contributed by atoms with E-state index in [-0.39, 0.29) is 11.9 Å². The van der Waals surface area contributed by atoms with Crippen LogP contribution in [0.15, 0.2) is 23.3 Å². The number of Topliss-reactive ketones (excluding diaryl/α,β-unsaturated/α-hetero) is 1. The summed E-state index contributed by atoms with van der Waals surface area (Å²) in [4.78, 5) is 11.3. The van der Waals surface area contributed by atoms with Crippen LogP contribution in [0.4, 0.5) is 0 Å². The third-order valence-corrected chi connectivity index (χ3v) is 2.41. The second kappa shape index (κ2) is 4.38. The zero-order chi connectivity index (χ0) is 9.84. The van der Waals surface area contributed by atoms with Crippen LogP contribution in [-0.2, 0) is 9.53 Å². The maximum Gasteiger partial charge on any atom is 0.156 e. The normalized spacial score (nSPS) is 22.2. The molecular weight excluding hydrogens is 164 g/mol. The van der Waals surface area contributed by atoms with Crippen molar-refractivity contribution in [1.29, 1.82) is 0 Å². The van der Waals surface area contributed by atoms with E-state index in [0.717, 1.165) is 24.0 Å². The van der Waals surface area contributed by atoms with Gasteiger partial charge in [-0.3, -0.25) is 4.79 Å². The molecule has 0 aliphatic heterocycles. The number of rotatable bonds is 3. The van der Waals surface area contributed by atoms with Gasteiger partial charge < -0.3 is 4.74 Å². The molecule has 1 rings (SSSR count). The molecule has 1 aliphatic carbocycles. The van der Waals surface area contributed by atoms with Crippen LogP contribution in [0.3, 0.4) is 0 Å².